The van der Waals surface area contributed by atoms with Crippen LogP contribution in [0.3, 0.4) is 0 Å². The lowest BCUT2D eigenvalue weighted by Crippen LogP contribution is -1.98. The second-order valence-electron chi connectivity index (χ2n) is 3.99. The van der Waals surface area contributed by atoms with Gasteiger partial charge in [-0.3, -0.25) is 4.57 Å². The quantitative estimate of drug-likeness (QED) is 0.637. The first-order chi connectivity index (χ1) is 7.53. The van der Waals surface area contributed by atoms with Gasteiger partial charge in [0.05, 0.1) is 0 Å². The summed E-state index contributed by atoms with van der Waals surface area (Å²) in [5, 5.41) is 0.0655. The fourth-order valence-corrected chi connectivity index (χ4v) is 7.52. The Morgan fingerprint density at radius 2 is 1.82 bits per heavy atom. The van der Waals surface area contributed by atoms with E-state index in [1.807, 2.05) is 13.8 Å². The van der Waals surface area contributed by atoms with Crippen LogP contribution in [0.1, 0.15) is 35.6 Å². The smallest absolute Gasteiger partial charge is 0.343 e. The van der Waals surface area contributed by atoms with Gasteiger partial charge in [-0.2, -0.15) is 0 Å². The van der Waals surface area contributed by atoms with E-state index in [-0.39, 0.29) is 10.8 Å². The monoisotopic (exact) mass is 316 g/mol. The van der Waals surface area contributed by atoms with Crippen LogP contribution in [0.5, 0.6) is 0 Å². The molecule has 0 aliphatic carbocycles. The summed E-state index contributed by atoms with van der Waals surface area (Å²) < 4.78 is 11.3. The first kappa shape index (κ1) is 15.5. The van der Waals surface area contributed by atoms with E-state index in [2.05, 4.69) is 11.8 Å². The zero-order valence-electron chi connectivity index (χ0n) is 9.22. The Hall–Kier alpha value is 0.420. The Bertz CT molecular complexity index is 464. The van der Waals surface area contributed by atoms with E-state index in [4.69, 9.17) is 0 Å². The largest absolute Gasteiger partial charge is 0.344 e. The van der Waals surface area contributed by atoms with Crippen LogP contribution < -0.4 is 0 Å². The first-order valence-corrected chi connectivity index (χ1v) is 10.1. The molecule has 17 heavy (non-hydrogen) atoms. The van der Waals surface area contributed by atoms with Crippen LogP contribution in [-0.2, 0) is 16.4 Å². The highest BCUT2D eigenvalue weighted by Crippen LogP contribution is 2.70. The minimum Gasteiger partial charge on any atom is -0.344 e. The maximum Gasteiger partial charge on any atom is 0.343 e. The molecule has 98 valence electrons. The van der Waals surface area contributed by atoms with E-state index in [0.29, 0.717) is 0 Å². The summed E-state index contributed by atoms with van der Waals surface area (Å²) >= 11 is 5.54. The molecule has 1 aromatic rings. The van der Waals surface area contributed by atoms with Crippen molar-refractivity contribution in [2.45, 2.75) is 25.2 Å². The van der Waals surface area contributed by atoms with Crippen LogP contribution in [0, 0.1) is 0 Å². The second-order valence-corrected chi connectivity index (χ2v) is 10.3. The fourth-order valence-electron chi connectivity index (χ4n) is 1.33. The highest BCUT2D eigenvalue weighted by Gasteiger charge is 2.42. The SMILES string of the molecule is CC(C)c1csc(C(P(=O)(O)O)P(O)(O)=S)c1. The molecule has 0 amide bonds. The molecule has 1 aromatic heterocycles. The van der Waals surface area contributed by atoms with E-state index in [0.717, 1.165) is 16.9 Å². The molecule has 4 N–H and O–H groups in total. The molecule has 0 bridgehead atoms. The molecule has 0 aromatic carbocycles. The topological polar surface area (TPSA) is 98.0 Å². The standard InChI is InChI=1S/C8H14O5P2S2/c1-5(2)6-3-7(17-4-6)8(14(9,10)11)15(12,13)16/h3-5,8H,1-2H3,(H2,9,10,11)(H2,12,13,16). The predicted octanol–water partition coefficient (Wildman–Crippen LogP) is 2.34. The molecule has 1 heterocycles. The summed E-state index contributed by atoms with van der Waals surface area (Å²) in [4.78, 5) is 37.4. The molecule has 0 saturated carbocycles. The average Bonchev–Trinajstić information content (AvgIpc) is 2.46. The van der Waals surface area contributed by atoms with Crippen molar-refractivity contribution in [2.75, 3.05) is 0 Å². The normalized spacial score (nSPS) is 15.2. The Balaban J connectivity index is 3.24. The molecule has 0 aliphatic rings. The Labute approximate surface area is 108 Å². The third-order valence-corrected chi connectivity index (χ3v) is 8.36. The Kier molecular flexibility index (Phi) is 4.73. The molecule has 0 radical (unpaired) electrons. The number of hydrogen-bond acceptors (Lipinski definition) is 3. The van der Waals surface area contributed by atoms with Crippen molar-refractivity contribution in [3.8, 4) is 0 Å². The van der Waals surface area contributed by atoms with E-state index < -0.39 is 19.5 Å². The second kappa shape index (κ2) is 5.19. The molecule has 1 atom stereocenters. The molecule has 0 saturated heterocycles. The molecule has 5 nitrogen and oxygen atoms in total. The van der Waals surface area contributed by atoms with Gasteiger partial charge in [-0.1, -0.05) is 13.8 Å². The van der Waals surface area contributed by atoms with Gasteiger partial charge in [0.2, 0.25) is 6.49 Å². The summed E-state index contributed by atoms with van der Waals surface area (Å²) in [6.45, 7) is -0.182. The lowest BCUT2D eigenvalue weighted by Gasteiger charge is -2.21. The van der Waals surface area contributed by atoms with Gasteiger partial charge in [0.1, 0.15) is 0 Å². The third-order valence-electron chi connectivity index (χ3n) is 2.20. The Morgan fingerprint density at radius 1 is 1.29 bits per heavy atom. The van der Waals surface area contributed by atoms with Gasteiger partial charge in [0, 0.05) is 4.88 Å². The van der Waals surface area contributed by atoms with E-state index >= 15 is 0 Å². The van der Waals surface area contributed by atoms with Gasteiger partial charge in [0.25, 0.3) is 0 Å². The molecule has 1 unspecified atom stereocenters. The van der Waals surface area contributed by atoms with Crippen molar-refractivity contribution < 1.29 is 24.1 Å². The van der Waals surface area contributed by atoms with Crippen LogP contribution >= 0.6 is 25.4 Å². The van der Waals surface area contributed by atoms with Gasteiger partial charge < -0.3 is 19.6 Å². The van der Waals surface area contributed by atoms with Gasteiger partial charge in [-0.15, -0.1) is 11.3 Å². The number of hydrogen-bond donors (Lipinski definition) is 4. The predicted molar refractivity (Wildman–Crippen MR) is 71.9 cm³/mol. The van der Waals surface area contributed by atoms with E-state index in [9.17, 15) is 24.1 Å². The third kappa shape index (κ3) is 3.94. The van der Waals surface area contributed by atoms with Crippen molar-refractivity contribution in [2.24, 2.45) is 0 Å². The number of thiophene rings is 1. The van der Waals surface area contributed by atoms with E-state index in [1.165, 1.54) is 0 Å². The van der Waals surface area contributed by atoms with Crippen LogP contribution in [0.2, 0.25) is 0 Å². The van der Waals surface area contributed by atoms with E-state index in [1.54, 1.807) is 11.4 Å². The minimum absolute atomic E-state index is 0.202. The summed E-state index contributed by atoms with van der Waals surface area (Å²) in [7, 11) is -4.68. The summed E-state index contributed by atoms with van der Waals surface area (Å²) in [5.74, 6) is 0.202. The van der Waals surface area contributed by atoms with Gasteiger partial charge in [0.15, 0.2) is 5.40 Å². The van der Waals surface area contributed by atoms with Gasteiger partial charge >= 0.3 is 7.60 Å². The van der Waals surface area contributed by atoms with Gasteiger partial charge in [-0.05, 0) is 34.7 Å². The average molecular weight is 316 g/mol. The molecule has 0 spiro atoms. The lowest BCUT2D eigenvalue weighted by atomic mass is 10.1. The van der Waals surface area contributed by atoms with Crippen LogP contribution in [-0.4, -0.2) is 19.6 Å². The molecule has 0 aliphatic heterocycles. The van der Waals surface area contributed by atoms with Crippen molar-refractivity contribution in [1.29, 1.82) is 0 Å². The first-order valence-electron chi connectivity index (χ1n) is 4.72. The zero-order chi connectivity index (χ0) is 13.4. The van der Waals surface area contributed by atoms with Crippen LogP contribution in [0.15, 0.2) is 11.4 Å². The van der Waals surface area contributed by atoms with Gasteiger partial charge in [-0.25, -0.2) is 0 Å². The maximum absolute atomic E-state index is 11.3. The summed E-state index contributed by atoms with van der Waals surface area (Å²) in [5.41, 5.74) is 0.895. The summed E-state index contributed by atoms with van der Waals surface area (Å²) in [6.07, 6.45) is 0. The highest BCUT2D eigenvalue weighted by molar-refractivity contribution is 8.11. The molecule has 9 heteroatoms. The molecule has 1 rings (SSSR count). The van der Waals surface area contributed by atoms with Crippen molar-refractivity contribution in [3.05, 3.63) is 21.9 Å². The Morgan fingerprint density at radius 3 is 2.12 bits per heavy atom. The zero-order valence-corrected chi connectivity index (χ0v) is 12.6. The fraction of sp³-hybridized carbons (Fsp3) is 0.500. The molecular weight excluding hydrogens is 302 g/mol. The minimum atomic E-state index is -4.68. The van der Waals surface area contributed by atoms with Crippen molar-refractivity contribution >= 4 is 37.2 Å². The van der Waals surface area contributed by atoms with Crippen LogP contribution in [0.4, 0.5) is 0 Å². The maximum atomic E-state index is 11.3. The summed E-state index contributed by atoms with van der Waals surface area (Å²) in [6, 6.07) is 1.58. The van der Waals surface area contributed by atoms with Crippen molar-refractivity contribution in [1.82, 2.24) is 0 Å². The van der Waals surface area contributed by atoms with Crippen molar-refractivity contribution in [3.63, 3.8) is 0 Å². The molecular formula is C8H14O5P2S2. The number of rotatable bonds is 4. The highest BCUT2D eigenvalue weighted by atomic mass is 32.5. The lowest BCUT2D eigenvalue weighted by molar-refractivity contribution is 0.363. The van der Waals surface area contributed by atoms with Crippen LogP contribution in [0.25, 0.3) is 0 Å². The molecule has 0 fully saturated rings.